The third kappa shape index (κ3) is 4.43. The second-order valence-electron chi connectivity index (χ2n) is 7.71. The van der Waals surface area contributed by atoms with Crippen molar-refractivity contribution in [3.05, 3.63) is 47.9 Å². The number of aliphatic hydroxyl groups excluding tert-OH is 1. The van der Waals surface area contributed by atoms with E-state index in [0.29, 0.717) is 35.1 Å². The molecule has 9 heteroatoms. The molecule has 1 saturated carbocycles. The van der Waals surface area contributed by atoms with Crippen molar-refractivity contribution in [3.63, 3.8) is 0 Å². The Hall–Kier alpha value is -3.46. The zero-order valence-corrected chi connectivity index (χ0v) is 18.4. The van der Waals surface area contributed by atoms with Gasteiger partial charge in [0.15, 0.2) is 0 Å². The molecule has 2 aromatic heterocycles. The Kier molecular flexibility index (Phi) is 6.36. The maximum Gasteiger partial charge on any atom is 0.254 e. The zero-order chi connectivity index (χ0) is 22.7. The number of nitrogens with one attached hydrogen (secondary N) is 1. The fourth-order valence-electron chi connectivity index (χ4n) is 3.51. The Labute approximate surface area is 186 Å². The molecular weight excluding hydrogens is 410 g/mol. The van der Waals surface area contributed by atoms with Gasteiger partial charge in [0.05, 0.1) is 43.5 Å². The lowest BCUT2D eigenvalue weighted by Gasteiger charge is -2.12. The van der Waals surface area contributed by atoms with Crippen LogP contribution < -0.4 is 14.8 Å². The van der Waals surface area contributed by atoms with Crippen molar-refractivity contribution in [2.24, 2.45) is 0 Å². The van der Waals surface area contributed by atoms with Crippen LogP contribution in [0.2, 0.25) is 0 Å². The van der Waals surface area contributed by atoms with E-state index in [-0.39, 0.29) is 18.4 Å². The SMILES string of the molecule is CC[C@H](O)CNC(=O)c1cnn(-c2nccc(-c3cc(OC)ccc3OC)n2)c1C1CC1. The highest BCUT2D eigenvalue weighted by Crippen LogP contribution is 2.42. The Bertz CT molecular complexity index is 1110. The molecule has 0 aliphatic heterocycles. The van der Waals surface area contributed by atoms with Gasteiger partial charge in [-0.25, -0.2) is 14.6 Å². The third-order valence-corrected chi connectivity index (χ3v) is 5.50. The standard InChI is InChI=1S/C23H27N5O4/c1-4-15(29)12-25-22(30)18-13-26-28(21(18)14-5-6-14)23-24-10-9-19(27-23)17-11-16(31-2)7-8-20(17)32-3/h7-11,13-15,29H,4-6,12H2,1-3H3,(H,25,30)/t15-/m0/s1. The zero-order valence-electron chi connectivity index (χ0n) is 18.4. The molecule has 32 heavy (non-hydrogen) atoms. The maximum absolute atomic E-state index is 12.8. The summed E-state index contributed by atoms with van der Waals surface area (Å²) in [7, 11) is 3.21. The first kappa shape index (κ1) is 21.8. The number of carbonyl (C=O) groups is 1. The number of hydrogen-bond donors (Lipinski definition) is 2. The van der Waals surface area contributed by atoms with E-state index in [1.165, 1.54) is 0 Å². The molecule has 0 saturated heterocycles. The number of rotatable bonds is 9. The van der Waals surface area contributed by atoms with E-state index >= 15 is 0 Å². The molecular formula is C23H27N5O4. The van der Waals surface area contributed by atoms with Crippen LogP contribution in [0, 0.1) is 0 Å². The number of hydrogen-bond acceptors (Lipinski definition) is 7. The van der Waals surface area contributed by atoms with Crippen molar-refractivity contribution in [1.82, 2.24) is 25.1 Å². The van der Waals surface area contributed by atoms with Crippen LogP contribution in [-0.2, 0) is 0 Å². The molecule has 0 bridgehead atoms. The van der Waals surface area contributed by atoms with Gasteiger partial charge in [0, 0.05) is 24.2 Å². The average molecular weight is 438 g/mol. The first-order valence-electron chi connectivity index (χ1n) is 10.7. The molecule has 0 spiro atoms. The second-order valence-corrected chi connectivity index (χ2v) is 7.71. The predicted octanol–water partition coefficient (Wildman–Crippen LogP) is 2.72. The van der Waals surface area contributed by atoms with Crippen LogP contribution in [0.5, 0.6) is 11.5 Å². The summed E-state index contributed by atoms with van der Waals surface area (Å²) in [6, 6.07) is 7.30. The number of amides is 1. The lowest BCUT2D eigenvalue weighted by molar-refractivity contribution is 0.0913. The molecule has 1 fully saturated rings. The summed E-state index contributed by atoms with van der Waals surface area (Å²) >= 11 is 0. The lowest BCUT2D eigenvalue weighted by atomic mass is 10.1. The van der Waals surface area contributed by atoms with Gasteiger partial charge in [-0.1, -0.05) is 6.92 Å². The summed E-state index contributed by atoms with van der Waals surface area (Å²) in [4.78, 5) is 21.9. The molecule has 4 rings (SSSR count). The van der Waals surface area contributed by atoms with Gasteiger partial charge in [-0.15, -0.1) is 0 Å². The van der Waals surface area contributed by atoms with E-state index in [2.05, 4.69) is 15.4 Å². The molecule has 1 aliphatic rings. The average Bonchev–Trinajstić information content (AvgIpc) is 3.59. The normalized spacial score (nSPS) is 14.1. The Morgan fingerprint density at radius 3 is 2.78 bits per heavy atom. The molecule has 168 valence electrons. The third-order valence-electron chi connectivity index (χ3n) is 5.50. The predicted molar refractivity (Wildman–Crippen MR) is 118 cm³/mol. The highest BCUT2D eigenvalue weighted by Gasteiger charge is 2.33. The summed E-state index contributed by atoms with van der Waals surface area (Å²) in [6.07, 6.45) is 5.16. The number of nitrogens with zero attached hydrogens (tertiary/aromatic N) is 4. The van der Waals surface area contributed by atoms with Crippen LogP contribution in [-0.4, -0.2) is 57.6 Å². The van der Waals surface area contributed by atoms with Gasteiger partial charge >= 0.3 is 0 Å². The Morgan fingerprint density at radius 1 is 1.28 bits per heavy atom. The van der Waals surface area contributed by atoms with E-state index in [1.54, 1.807) is 37.4 Å². The van der Waals surface area contributed by atoms with Crippen LogP contribution in [0.4, 0.5) is 0 Å². The molecule has 1 aromatic carbocycles. The Morgan fingerprint density at radius 2 is 2.09 bits per heavy atom. The van der Waals surface area contributed by atoms with Crippen molar-refractivity contribution >= 4 is 5.91 Å². The smallest absolute Gasteiger partial charge is 0.254 e. The molecule has 3 aromatic rings. The second kappa shape index (κ2) is 9.35. The number of aliphatic hydroxyl groups is 1. The molecule has 2 heterocycles. The van der Waals surface area contributed by atoms with Crippen molar-refractivity contribution in [2.45, 2.75) is 38.2 Å². The molecule has 9 nitrogen and oxygen atoms in total. The fraction of sp³-hybridized carbons (Fsp3) is 0.391. The number of carbonyl (C=O) groups excluding carboxylic acids is 1. The van der Waals surface area contributed by atoms with E-state index in [4.69, 9.17) is 14.5 Å². The maximum atomic E-state index is 12.8. The minimum absolute atomic E-state index is 0.201. The largest absolute Gasteiger partial charge is 0.497 e. The quantitative estimate of drug-likeness (QED) is 0.529. The summed E-state index contributed by atoms with van der Waals surface area (Å²) in [5.74, 6) is 1.70. The summed E-state index contributed by atoms with van der Waals surface area (Å²) < 4.78 is 12.5. The van der Waals surface area contributed by atoms with Gasteiger partial charge in [-0.2, -0.15) is 5.10 Å². The molecule has 0 unspecified atom stereocenters. The molecule has 1 aliphatic carbocycles. The number of benzene rings is 1. The van der Waals surface area contributed by atoms with Crippen LogP contribution in [0.3, 0.4) is 0 Å². The van der Waals surface area contributed by atoms with Crippen molar-refractivity contribution in [2.75, 3.05) is 20.8 Å². The van der Waals surface area contributed by atoms with Crippen molar-refractivity contribution in [1.29, 1.82) is 0 Å². The highest BCUT2D eigenvalue weighted by molar-refractivity contribution is 5.95. The topological polar surface area (TPSA) is 111 Å². The molecule has 0 radical (unpaired) electrons. The lowest BCUT2D eigenvalue weighted by Crippen LogP contribution is -2.32. The van der Waals surface area contributed by atoms with Gasteiger partial charge in [0.1, 0.15) is 11.5 Å². The minimum atomic E-state index is -0.573. The van der Waals surface area contributed by atoms with Gasteiger partial charge in [0.25, 0.3) is 11.9 Å². The van der Waals surface area contributed by atoms with Gasteiger partial charge < -0.3 is 19.9 Å². The molecule has 2 N–H and O–H groups in total. The van der Waals surface area contributed by atoms with E-state index < -0.39 is 6.10 Å². The number of aromatic nitrogens is 4. The molecule has 1 atom stereocenters. The van der Waals surface area contributed by atoms with Crippen molar-refractivity contribution in [3.8, 4) is 28.7 Å². The van der Waals surface area contributed by atoms with Crippen molar-refractivity contribution < 1.29 is 19.4 Å². The highest BCUT2D eigenvalue weighted by atomic mass is 16.5. The fourth-order valence-corrected chi connectivity index (χ4v) is 3.51. The van der Waals surface area contributed by atoms with Crippen LogP contribution >= 0.6 is 0 Å². The van der Waals surface area contributed by atoms with Gasteiger partial charge in [-0.3, -0.25) is 4.79 Å². The number of methoxy groups -OCH3 is 2. The van der Waals surface area contributed by atoms with Crippen LogP contribution in [0.1, 0.15) is 48.2 Å². The van der Waals surface area contributed by atoms with Gasteiger partial charge in [-0.05, 0) is 43.5 Å². The van der Waals surface area contributed by atoms with E-state index in [1.807, 2.05) is 25.1 Å². The van der Waals surface area contributed by atoms with Crippen LogP contribution in [0.25, 0.3) is 17.2 Å². The van der Waals surface area contributed by atoms with E-state index in [0.717, 1.165) is 24.1 Å². The first-order valence-corrected chi connectivity index (χ1v) is 10.7. The summed E-state index contributed by atoms with van der Waals surface area (Å²) in [5, 5.41) is 17.0. The Balaban J connectivity index is 1.70. The molecule has 1 amide bonds. The first-order chi connectivity index (χ1) is 15.5. The van der Waals surface area contributed by atoms with Gasteiger partial charge in [0.2, 0.25) is 0 Å². The summed E-state index contributed by atoms with van der Waals surface area (Å²) in [5.41, 5.74) is 2.70. The van der Waals surface area contributed by atoms with E-state index in [9.17, 15) is 9.90 Å². The van der Waals surface area contributed by atoms with Crippen LogP contribution in [0.15, 0.2) is 36.7 Å². The monoisotopic (exact) mass is 437 g/mol. The number of ether oxygens (including phenoxy) is 2. The summed E-state index contributed by atoms with van der Waals surface area (Å²) in [6.45, 7) is 2.07. The minimum Gasteiger partial charge on any atom is -0.497 e.